The molecule has 0 atom stereocenters. The summed E-state index contributed by atoms with van der Waals surface area (Å²) in [6, 6.07) is 9.87. The number of hydrogen-bond donors (Lipinski definition) is 0. The summed E-state index contributed by atoms with van der Waals surface area (Å²) in [5.74, 6) is 1.01. The molecule has 0 amide bonds. The van der Waals surface area contributed by atoms with Gasteiger partial charge in [-0.3, -0.25) is 15.1 Å². The van der Waals surface area contributed by atoms with Crippen LogP contribution < -0.4 is 4.74 Å². The molecule has 0 spiro atoms. The number of nitro groups is 1. The highest BCUT2D eigenvalue weighted by Gasteiger charge is 2.16. The number of aromatic nitrogens is 2. The monoisotopic (exact) mass is 393 g/mol. The minimum atomic E-state index is -0.430. The molecule has 21 heavy (non-hydrogen) atoms. The number of non-ortho nitro benzene ring substituents is 1. The van der Waals surface area contributed by atoms with E-state index in [0.29, 0.717) is 22.4 Å². The highest BCUT2D eigenvalue weighted by molar-refractivity contribution is 14.1. The number of rotatable bonds is 3. The molecule has 1 aromatic carbocycles. The van der Waals surface area contributed by atoms with Crippen molar-refractivity contribution in [2.24, 2.45) is 0 Å². The molecule has 0 fully saturated rings. The van der Waals surface area contributed by atoms with Crippen molar-refractivity contribution in [3.8, 4) is 11.5 Å². The first-order chi connectivity index (χ1) is 10.1. The number of nitrogens with zero attached hydrogens (tertiary/aromatic N) is 3. The fraction of sp³-hybridized carbons (Fsp3) is 0. The third-order valence-corrected chi connectivity index (χ3v) is 3.47. The lowest BCUT2D eigenvalue weighted by Crippen LogP contribution is -1.94. The van der Waals surface area contributed by atoms with E-state index in [0.717, 1.165) is 3.70 Å². The fourth-order valence-electron chi connectivity index (χ4n) is 1.92. The zero-order valence-electron chi connectivity index (χ0n) is 10.6. The van der Waals surface area contributed by atoms with E-state index in [4.69, 9.17) is 4.74 Å². The summed E-state index contributed by atoms with van der Waals surface area (Å²) in [4.78, 5) is 18.9. The maximum Gasteiger partial charge on any atom is 0.279 e. The second kappa shape index (κ2) is 5.60. The van der Waals surface area contributed by atoms with E-state index in [9.17, 15) is 10.1 Å². The maximum atomic E-state index is 11.0. The lowest BCUT2D eigenvalue weighted by atomic mass is 10.1. The number of nitro benzene ring substituents is 1. The van der Waals surface area contributed by atoms with Crippen LogP contribution in [0, 0.1) is 13.8 Å². The Morgan fingerprint density at radius 3 is 2.71 bits per heavy atom. The average Bonchev–Trinajstić information content (AvgIpc) is 2.49. The molecule has 0 bridgehead atoms. The Morgan fingerprint density at radius 2 is 2.00 bits per heavy atom. The molecular formula is C14H8IN3O3. The molecule has 3 aromatic rings. The SMILES string of the molecule is O=[N+]([O-])c1ccc(Oc2ccc(I)nc2)c2ncccc12. The second-order valence-electron chi connectivity index (χ2n) is 4.16. The zero-order chi connectivity index (χ0) is 14.8. The molecule has 7 heteroatoms. The summed E-state index contributed by atoms with van der Waals surface area (Å²) in [5.41, 5.74) is 0.455. The molecule has 6 nitrogen and oxygen atoms in total. The van der Waals surface area contributed by atoms with Crippen molar-refractivity contribution in [2.45, 2.75) is 0 Å². The first-order valence-electron chi connectivity index (χ1n) is 5.96. The van der Waals surface area contributed by atoms with E-state index in [1.807, 2.05) is 6.07 Å². The lowest BCUT2D eigenvalue weighted by Gasteiger charge is -2.08. The van der Waals surface area contributed by atoms with Gasteiger partial charge in [-0.1, -0.05) is 0 Å². The van der Waals surface area contributed by atoms with Crippen molar-refractivity contribution in [2.75, 3.05) is 0 Å². The highest BCUT2D eigenvalue weighted by Crippen LogP contribution is 2.33. The average molecular weight is 393 g/mol. The Labute approximate surface area is 133 Å². The number of benzene rings is 1. The van der Waals surface area contributed by atoms with Gasteiger partial charge >= 0.3 is 0 Å². The van der Waals surface area contributed by atoms with Crippen LogP contribution in [0.5, 0.6) is 11.5 Å². The Bertz CT molecular complexity index is 821. The highest BCUT2D eigenvalue weighted by atomic mass is 127. The predicted octanol–water partition coefficient (Wildman–Crippen LogP) is 3.93. The Balaban J connectivity index is 2.09. The van der Waals surface area contributed by atoms with Crippen LogP contribution in [0.2, 0.25) is 0 Å². The van der Waals surface area contributed by atoms with Gasteiger partial charge in [0.05, 0.1) is 16.5 Å². The van der Waals surface area contributed by atoms with Crippen molar-refractivity contribution in [1.29, 1.82) is 0 Å². The van der Waals surface area contributed by atoms with E-state index in [1.165, 1.54) is 6.07 Å². The number of fused-ring (bicyclic) bond motifs is 1. The van der Waals surface area contributed by atoms with Gasteiger partial charge in [0.15, 0.2) is 5.75 Å². The summed E-state index contributed by atoms with van der Waals surface area (Å²) in [6.07, 6.45) is 3.17. The number of pyridine rings is 2. The van der Waals surface area contributed by atoms with Crippen molar-refractivity contribution < 1.29 is 9.66 Å². The van der Waals surface area contributed by atoms with Crippen LogP contribution in [0.3, 0.4) is 0 Å². The summed E-state index contributed by atoms with van der Waals surface area (Å²) in [5, 5.41) is 11.5. The van der Waals surface area contributed by atoms with Crippen LogP contribution >= 0.6 is 22.6 Å². The molecule has 0 N–H and O–H groups in total. The molecule has 0 saturated heterocycles. The van der Waals surface area contributed by atoms with Gasteiger partial charge in [-0.2, -0.15) is 0 Å². The molecular weight excluding hydrogens is 385 g/mol. The third-order valence-electron chi connectivity index (χ3n) is 2.83. The molecule has 104 valence electrons. The largest absolute Gasteiger partial charge is 0.453 e. The molecule has 0 unspecified atom stereocenters. The van der Waals surface area contributed by atoms with E-state index < -0.39 is 4.92 Å². The van der Waals surface area contributed by atoms with E-state index in [-0.39, 0.29) is 5.69 Å². The van der Waals surface area contributed by atoms with Crippen LogP contribution in [0.15, 0.2) is 48.8 Å². The van der Waals surface area contributed by atoms with Crippen LogP contribution in [0.25, 0.3) is 10.9 Å². The standard InChI is InChI=1S/C14H8IN3O3/c15-13-6-3-9(8-17-13)21-12-5-4-11(18(19)20)10-2-1-7-16-14(10)12/h1-8H. The van der Waals surface area contributed by atoms with Gasteiger partial charge in [0, 0.05) is 12.3 Å². The van der Waals surface area contributed by atoms with E-state index >= 15 is 0 Å². The molecule has 3 rings (SSSR count). The van der Waals surface area contributed by atoms with Gasteiger partial charge in [0.1, 0.15) is 15.0 Å². The van der Waals surface area contributed by atoms with Crippen molar-refractivity contribution in [3.63, 3.8) is 0 Å². The minimum Gasteiger partial charge on any atom is -0.453 e. The van der Waals surface area contributed by atoms with Gasteiger partial charge < -0.3 is 4.74 Å². The first kappa shape index (κ1) is 13.7. The number of halogens is 1. The smallest absolute Gasteiger partial charge is 0.279 e. The lowest BCUT2D eigenvalue weighted by molar-refractivity contribution is -0.383. The summed E-state index contributed by atoms with van der Waals surface area (Å²) in [6.45, 7) is 0. The summed E-state index contributed by atoms with van der Waals surface area (Å²) >= 11 is 2.10. The van der Waals surface area contributed by atoms with Crippen LogP contribution in [0.1, 0.15) is 0 Å². The number of hydrogen-bond acceptors (Lipinski definition) is 5. The molecule has 2 aromatic heterocycles. The van der Waals surface area contributed by atoms with Crippen LogP contribution in [0.4, 0.5) is 5.69 Å². The predicted molar refractivity (Wildman–Crippen MR) is 85.4 cm³/mol. The molecule has 0 aliphatic heterocycles. The quantitative estimate of drug-likeness (QED) is 0.292. The number of ether oxygens (including phenoxy) is 1. The molecule has 0 radical (unpaired) electrons. The van der Waals surface area contributed by atoms with Crippen molar-refractivity contribution in [1.82, 2.24) is 9.97 Å². The molecule has 0 aliphatic carbocycles. The van der Waals surface area contributed by atoms with Gasteiger partial charge in [0.25, 0.3) is 5.69 Å². The Morgan fingerprint density at radius 1 is 1.14 bits per heavy atom. The Kier molecular flexibility index (Phi) is 3.65. The van der Waals surface area contributed by atoms with Gasteiger partial charge in [-0.15, -0.1) is 0 Å². The molecule has 2 heterocycles. The third kappa shape index (κ3) is 2.77. The van der Waals surface area contributed by atoms with Gasteiger partial charge in [-0.05, 0) is 52.9 Å². The van der Waals surface area contributed by atoms with Crippen LogP contribution in [-0.2, 0) is 0 Å². The summed E-state index contributed by atoms with van der Waals surface area (Å²) < 4.78 is 6.58. The van der Waals surface area contributed by atoms with Crippen molar-refractivity contribution >= 4 is 39.2 Å². The maximum absolute atomic E-state index is 11.0. The normalized spacial score (nSPS) is 10.5. The van der Waals surface area contributed by atoms with Gasteiger partial charge in [-0.25, -0.2) is 4.98 Å². The zero-order valence-corrected chi connectivity index (χ0v) is 12.7. The van der Waals surface area contributed by atoms with E-state index in [1.54, 1.807) is 36.7 Å². The molecule has 0 aliphatic rings. The Hall–Kier alpha value is -2.29. The second-order valence-corrected chi connectivity index (χ2v) is 5.26. The first-order valence-corrected chi connectivity index (χ1v) is 7.04. The minimum absolute atomic E-state index is 0.00573. The topological polar surface area (TPSA) is 78.2 Å². The van der Waals surface area contributed by atoms with Crippen LogP contribution in [-0.4, -0.2) is 14.9 Å². The van der Waals surface area contributed by atoms with Gasteiger partial charge in [0.2, 0.25) is 0 Å². The summed E-state index contributed by atoms with van der Waals surface area (Å²) in [7, 11) is 0. The van der Waals surface area contributed by atoms with Crippen molar-refractivity contribution in [3.05, 3.63) is 62.6 Å². The van der Waals surface area contributed by atoms with E-state index in [2.05, 4.69) is 32.6 Å². The fourth-order valence-corrected chi connectivity index (χ4v) is 2.24. The molecule has 0 saturated carbocycles.